The highest BCUT2D eigenvalue weighted by Crippen LogP contribution is 2.27. The number of anilines is 3. The lowest BCUT2D eigenvalue weighted by Crippen LogP contribution is -2.32. The number of aliphatic hydroxyl groups is 1. The predicted octanol–water partition coefficient (Wildman–Crippen LogP) is 2.65. The Kier molecular flexibility index (Phi) is 5.57. The Bertz CT molecular complexity index is 821. The van der Waals surface area contributed by atoms with Crippen molar-refractivity contribution in [2.45, 2.75) is 25.3 Å². The highest BCUT2D eigenvalue weighted by Gasteiger charge is 2.26. The van der Waals surface area contributed by atoms with E-state index in [0.29, 0.717) is 5.92 Å². The largest absolute Gasteiger partial charge is 0.394 e. The number of hydrogen-bond donors (Lipinski definition) is 2. The quantitative estimate of drug-likeness (QED) is 0.792. The van der Waals surface area contributed by atoms with Crippen molar-refractivity contribution in [3.8, 4) is 0 Å². The summed E-state index contributed by atoms with van der Waals surface area (Å²) in [5, 5.41) is 12.9. The minimum absolute atomic E-state index is 0.127. The average Bonchev–Trinajstić information content (AvgIpc) is 3.38. The first-order valence-electron chi connectivity index (χ1n) is 9.77. The molecule has 0 aliphatic carbocycles. The van der Waals surface area contributed by atoms with Crippen molar-refractivity contribution in [1.29, 1.82) is 0 Å². The second-order valence-corrected chi connectivity index (χ2v) is 7.51. The van der Waals surface area contributed by atoms with Gasteiger partial charge in [0.05, 0.1) is 12.6 Å². The van der Waals surface area contributed by atoms with Crippen LogP contribution in [0.3, 0.4) is 0 Å². The molecule has 0 radical (unpaired) electrons. The molecule has 2 saturated heterocycles. The second-order valence-electron chi connectivity index (χ2n) is 7.51. The minimum Gasteiger partial charge on any atom is -0.394 e. The van der Waals surface area contributed by atoms with E-state index in [1.54, 1.807) is 12.4 Å². The van der Waals surface area contributed by atoms with E-state index in [9.17, 15) is 13.9 Å². The molecular weight excluding hydrogens is 364 g/mol. The van der Waals surface area contributed by atoms with Gasteiger partial charge in [-0.1, -0.05) is 0 Å². The molecule has 150 valence electrons. The van der Waals surface area contributed by atoms with Crippen LogP contribution in [0.15, 0.2) is 30.6 Å². The predicted molar refractivity (Wildman–Crippen MR) is 105 cm³/mol. The Morgan fingerprint density at radius 2 is 2.00 bits per heavy atom. The number of aliphatic hydroxyl groups excluding tert-OH is 1. The number of halogens is 2. The molecule has 0 spiro atoms. The number of nitrogens with one attached hydrogen (secondary N) is 1. The molecule has 0 bridgehead atoms. The lowest BCUT2D eigenvalue weighted by atomic mass is 10.1. The van der Waals surface area contributed by atoms with Crippen molar-refractivity contribution in [3.05, 3.63) is 42.2 Å². The molecule has 2 unspecified atom stereocenters. The highest BCUT2D eigenvalue weighted by molar-refractivity contribution is 5.50. The van der Waals surface area contributed by atoms with Crippen molar-refractivity contribution >= 4 is 17.3 Å². The van der Waals surface area contributed by atoms with Crippen LogP contribution in [-0.2, 0) is 0 Å². The van der Waals surface area contributed by atoms with Gasteiger partial charge in [0.1, 0.15) is 18.0 Å². The van der Waals surface area contributed by atoms with Crippen molar-refractivity contribution in [3.63, 3.8) is 0 Å². The summed E-state index contributed by atoms with van der Waals surface area (Å²) in [4.78, 5) is 12.9. The van der Waals surface area contributed by atoms with Crippen LogP contribution in [0.2, 0.25) is 0 Å². The van der Waals surface area contributed by atoms with E-state index in [1.807, 2.05) is 6.07 Å². The van der Waals surface area contributed by atoms with E-state index in [-0.39, 0.29) is 12.6 Å². The summed E-state index contributed by atoms with van der Waals surface area (Å²) in [5.41, 5.74) is 0.717. The third-order valence-electron chi connectivity index (χ3n) is 5.66. The molecule has 2 fully saturated rings. The zero-order chi connectivity index (χ0) is 19.5. The van der Waals surface area contributed by atoms with E-state index < -0.39 is 11.6 Å². The van der Waals surface area contributed by atoms with Gasteiger partial charge in [0.15, 0.2) is 11.6 Å². The molecule has 0 saturated carbocycles. The highest BCUT2D eigenvalue weighted by atomic mass is 19.2. The fourth-order valence-electron chi connectivity index (χ4n) is 4.09. The molecule has 4 rings (SSSR count). The third-order valence-corrected chi connectivity index (χ3v) is 5.66. The van der Waals surface area contributed by atoms with Crippen LogP contribution in [0.5, 0.6) is 0 Å². The summed E-state index contributed by atoms with van der Waals surface area (Å²) >= 11 is 0. The number of aromatic nitrogens is 2. The molecule has 2 aliphatic heterocycles. The summed E-state index contributed by atoms with van der Waals surface area (Å²) in [7, 11) is 0. The molecule has 28 heavy (non-hydrogen) atoms. The summed E-state index contributed by atoms with van der Waals surface area (Å²) in [6.45, 7) is 3.38. The zero-order valence-electron chi connectivity index (χ0n) is 15.7. The number of hydrogen-bond acceptors (Lipinski definition) is 6. The Labute approximate surface area is 163 Å². The van der Waals surface area contributed by atoms with Crippen molar-refractivity contribution in [1.82, 2.24) is 9.97 Å². The second kappa shape index (κ2) is 8.26. The Morgan fingerprint density at radius 3 is 2.82 bits per heavy atom. The minimum atomic E-state index is -0.817. The smallest absolute Gasteiger partial charge is 0.160 e. The van der Waals surface area contributed by atoms with Crippen LogP contribution in [0, 0.1) is 17.6 Å². The monoisotopic (exact) mass is 389 g/mol. The topological polar surface area (TPSA) is 64.5 Å². The molecule has 1 aromatic heterocycles. The third kappa shape index (κ3) is 4.01. The zero-order valence-corrected chi connectivity index (χ0v) is 15.7. The molecule has 3 heterocycles. The van der Waals surface area contributed by atoms with Gasteiger partial charge in [0, 0.05) is 44.0 Å². The van der Waals surface area contributed by atoms with Gasteiger partial charge in [-0.15, -0.1) is 0 Å². The van der Waals surface area contributed by atoms with E-state index in [0.717, 1.165) is 62.8 Å². The number of nitrogens with zero attached hydrogens (tertiary/aromatic N) is 4. The Hall–Kier alpha value is -2.48. The van der Waals surface area contributed by atoms with E-state index >= 15 is 0 Å². The van der Waals surface area contributed by atoms with Crippen LogP contribution >= 0.6 is 0 Å². The molecule has 2 aliphatic rings. The van der Waals surface area contributed by atoms with Crippen LogP contribution in [-0.4, -0.2) is 53.9 Å². The Balaban J connectivity index is 1.34. The SMILES string of the molecule is OCC1CCCN1c1cc(NCC2CCN(c3ccc(F)c(F)c3)C2)ncn1. The molecule has 2 N–H and O–H groups in total. The molecule has 8 heteroatoms. The van der Waals surface area contributed by atoms with E-state index in [2.05, 4.69) is 25.1 Å². The lowest BCUT2D eigenvalue weighted by molar-refractivity contribution is 0.266. The van der Waals surface area contributed by atoms with Gasteiger partial charge in [-0.3, -0.25) is 0 Å². The molecular formula is C20H25F2N5O. The van der Waals surface area contributed by atoms with Crippen molar-refractivity contribution in [2.75, 3.05) is 47.9 Å². The van der Waals surface area contributed by atoms with Gasteiger partial charge >= 0.3 is 0 Å². The van der Waals surface area contributed by atoms with Gasteiger partial charge in [0.2, 0.25) is 0 Å². The molecule has 6 nitrogen and oxygen atoms in total. The first kappa shape index (κ1) is 18.9. The molecule has 0 amide bonds. The maximum absolute atomic E-state index is 13.5. The first-order valence-corrected chi connectivity index (χ1v) is 9.77. The number of rotatable bonds is 6. The summed E-state index contributed by atoms with van der Waals surface area (Å²) < 4.78 is 26.6. The van der Waals surface area contributed by atoms with Gasteiger partial charge in [-0.2, -0.15) is 0 Å². The lowest BCUT2D eigenvalue weighted by Gasteiger charge is -2.24. The van der Waals surface area contributed by atoms with Crippen LogP contribution in [0.4, 0.5) is 26.1 Å². The maximum Gasteiger partial charge on any atom is 0.160 e. The molecule has 1 aromatic carbocycles. The first-order chi connectivity index (χ1) is 13.6. The normalized spacial score (nSPS) is 22.1. The maximum atomic E-state index is 13.5. The van der Waals surface area contributed by atoms with E-state index in [1.165, 1.54) is 12.1 Å². The van der Waals surface area contributed by atoms with Crippen LogP contribution < -0.4 is 15.1 Å². The fourth-order valence-corrected chi connectivity index (χ4v) is 4.09. The average molecular weight is 389 g/mol. The summed E-state index contributed by atoms with van der Waals surface area (Å²) in [5.74, 6) is 0.366. The van der Waals surface area contributed by atoms with E-state index in [4.69, 9.17) is 0 Å². The van der Waals surface area contributed by atoms with Gasteiger partial charge in [0.25, 0.3) is 0 Å². The molecule has 2 atom stereocenters. The standard InChI is InChI=1S/C20H25F2N5O/c21-17-4-3-15(8-18(17)22)26-7-5-14(11-26)10-23-19-9-20(25-13-24-19)27-6-1-2-16(27)12-28/h3-4,8-9,13-14,16,28H,1-2,5-7,10-12H2,(H,23,24,25). The van der Waals surface area contributed by atoms with Crippen molar-refractivity contribution < 1.29 is 13.9 Å². The summed E-state index contributed by atoms with van der Waals surface area (Å²) in [6.07, 6.45) is 4.56. The molecule has 2 aromatic rings. The van der Waals surface area contributed by atoms with Crippen molar-refractivity contribution in [2.24, 2.45) is 5.92 Å². The van der Waals surface area contributed by atoms with Crippen LogP contribution in [0.1, 0.15) is 19.3 Å². The van der Waals surface area contributed by atoms with Gasteiger partial charge in [-0.05, 0) is 37.3 Å². The van der Waals surface area contributed by atoms with Gasteiger partial charge < -0.3 is 20.2 Å². The fraction of sp³-hybridized carbons (Fsp3) is 0.500. The van der Waals surface area contributed by atoms with Crippen LogP contribution in [0.25, 0.3) is 0 Å². The van der Waals surface area contributed by atoms with Gasteiger partial charge in [-0.25, -0.2) is 18.7 Å². The summed E-state index contributed by atoms with van der Waals surface area (Å²) in [6, 6.07) is 6.11. The number of benzene rings is 1. The Morgan fingerprint density at radius 1 is 1.11 bits per heavy atom.